The van der Waals surface area contributed by atoms with Gasteiger partial charge in [-0.3, -0.25) is 4.79 Å². The Hall–Kier alpha value is -3.16. The molecule has 0 radical (unpaired) electrons. The topological polar surface area (TPSA) is 75.7 Å². The molecule has 0 aliphatic rings. The number of benzene rings is 3. The molecule has 0 spiro atoms. The first-order valence-corrected chi connectivity index (χ1v) is 12.4. The summed E-state index contributed by atoms with van der Waals surface area (Å²) in [6.45, 7) is 3.84. The molecule has 0 bridgehead atoms. The van der Waals surface area contributed by atoms with E-state index >= 15 is 0 Å². The first-order valence-electron chi connectivity index (χ1n) is 11.0. The standard InChI is InChI=1S/C26H30N2O4S/c1-4-21-12-9-13-22(5-2)26(21)27-25(29)19-28(18-20-10-7-6-8-11-20)33(30,31)24-16-14-23(32-3)15-17-24/h6-17H,4-5,18-19H2,1-3H3,(H,27,29). The molecular weight excluding hydrogens is 436 g/mol. The molecule has 3 aromatic carbocycles. The van der Waals surface area contributed by atoms with Gasteiger partial charge in [-0.25, -0.2) is 8.42 Å². The fourth-order valence-corrected chi connectivity index (χ4v) is 5.04. The number of para-hydroxylation sites is 1. The predicted octanol–water partition coefficient (Wildman–Crippen LogP) is 4.65. The van der Waals surface area contributed by atoms with Crippen LogP contribution >= 0.6 is 0 Å². The van der Waals surface area contributed by atoms with Gasteiger partial charge in [0.1, 0.15) is 5.75 Å². The summed E-state index contributed by atoms with van der Waals surface area (Å²) in [5.74, 6) is 0.184. The number of rotatable bonds is 10. The molecule has 0 aromatic heterocycles. The molecule has 3 aromatic rings. The van der Waals surface area contributed by atoms with Crippen LogP contribution in [-0.4, -0.2) is 32.3 Å². The number of ether oxygens (including phenoxy) is 1. The number of methoxy groups -OCH3 is 1. The molecule has 174 valence electrons. The second-order valence-corrected chi connectivity index (χ2v) is 9.58. The monoisotopic (exact) mass is 466 g/mol. The zero-order chi connectivity index (χ0) is 23.8. The summed E-state index contributed by atoms with van der Waals surface area (Å²) in [6.07, 6.45) is 1.53. The minimum atomic E-state index is -3.93. The number of anilines is 1. The molecule has 0 saturated carbocycles. The van der Waals surface area contributed by atoms with Crippen molar-refractivity contribution in [1.29, 1.82) is 0 Å². The Balaban J connectivity index is 1.91. The van der Waals surface area contributed by atoms with Crippen LogP contribution in [0.3, 0.4) is 0 Å². The van der Waals surface area contributed by atoms with Crippen molar-refractivity contribution < 1.29 is 17.9 Å². The van der Waals surface area contributed by atoms with Crippen LogP contribution in [0.15, 0.2) is 77.7 Å². The third-order valence-electron chi connectivity index (χ3n) is 5.48. The summed E-state index contributed by atoms with van der Waals surface area (Å²) in [7, 11) is -2.40. The average molecular weight is 467 g/mol. The van der Waals surface area contributed by atoms with Gasteiger partial charge in [0.15, 0.2) is 0 Å². The highest BCUT2D eigenvalue weighted by molar-refractivity contribution is 7.89. The Morgan fingerprint density at radius 1 is 0.879 bits per heavy atom. The van der Waals surface area contributed by atoms with Gasteiger partial charge in [0.05, 0.1) is 18.6 Å². The molecule has 3 rings (SSSR count). The van der Waals surface area contributed by atoms with Crippen molar-refractivity contribution in [3.8, 4) is 5.75 Å². The zero-order valence-corrected chi connectivity index (χ0v) is 20.1. The van der Waals surface area contributed by atoms with Crippen LogP contribution in [0.5, 0.6) is 5.75 Å². The van der Waals surface area contributed by atoms with E-state index in [2.05, 4.69) is 5.32 Å². The summed E-state index contributed by atoms with van der Waals surface area (Å²) < 4.78 is 33.3. The summed E-state index contributed by atoms with van der Waals surface area (Å²) in [5.41, 5.74) is 3.62. The van der Waals surface area contributed by atoms with Crippen LogP contribution in [0.4, 0.5) is 5.69 Å². The molecule has 0 unspecified atom stereocenters. The predicted molar refractivity (Wildman–Crippen MR) is 131 cm³/mol. The van der Waals surface area contributed by atoms with E-state index in [9.17, 15) is 13.2 Å². The van der Waals surface area contributed by atoms with Crippen LogP contribution in [0.25, 0.3) is 0 Å². The lowest BCUT2D eigenvalue weighted by Crippen LogP contribution is -2.37. The van der Waals surface area contributed by atoms with E-state index in [4.69, 9.17) is 4.74 Å². The highest BCUT2D eigenvalue weighted by Crippen LogP contribution is 2.24. The van der Waals surface area contributed by atoms with Crippen molar-refractivity contribution in [2.75, 3.05) is 19.0 Å². The van der Waals surface area contributed by atoms with Gasteiger partial charge in [0, 0.05) is 12.2 Å². The lowest BCUT2D eigenvalue weighted by molar-refractivity contribution is -0.116. The molecule has 6 nitrogen and oxygen atoms in total. The smallest absolute Gasteiger partial charge is 0.243 e. The first-order chi connectivity index (χ1) is 15.9. The Labute approximate surface area is 196 Å². The lowest BCUT2D eigenvalue weighted by atomic mass is 10.0. The molecule has 0 saturated heterocycles. The van der Waals surface area contributed by atoms with E-state index in [0.29, 0.717) is 5.75 Å². The molecule has 0 atom stereocenters. The van der Waals surface area contributed by atoms with E-state index in [-0.39, 0.29) is 23.9 Å². The van der Waals surface area contributed by atoms with E-state index in [1.54, 1.807) is 12.1 Å². The van der Waals surface area contributed by atoms with Crippen molar-refractivity contribution in [3.05, 3.63) is 89.5 Å². The second-order valence-electron chi connectivity index (χ2n) is 7.64. The number of nitrogens with zero attached hydrogens (tertiary/aromatic N) is 1. The Bertz CT molecular complexity index is 1150. The van der Waals surface area contributed by atoms with E-state index < -0.39 is 10.0 Å². The number of hydrogen-bond acceptors (Lipinski definition) is 4. The molecule has 1 amide bonds. The highest BCUT2D eigenvalue weighted by Gasteiger charge is 2.27. The van der Waals surface area contributed by atoms with Gasteiger partial charge in [-0.2, -0.15) is 4.31 Å². The SMILES string of the molecule is CCc1cccc(CC)c1NC(=O)CN(Cc1ccccc1)S(=O)(=O)c1ccc(OC)cc1. The Morgan fingerprint density at radius 3 is 2.03 bits per heavy atom. The summed E-state index contributed by atoms with van der Waals surface area (Å²) in [4.78, 5) is 13.2. The average Bonchev–Trinajstić information content (AvgIpc) is 2.84. The zero-order valence-electron chi connectivity index (χ0n) is 19.2. The number of amides is 1. The fourth-order valence-electron chi connectivity index (χ4n) is 3.65. The maximum absolute atomic E-state index is 13.5. The van der Waals surface area contributed by atoms with Crippen LogP contribution in [0.2, 0.25) is 0 Å². The molecule has 33 heavy (non-hydrogen) atoms. The van der Waals surface area contributed by atoms with E-state index in [0.717, 1.165) is 35.2 Å². The fraction of sp³-hybridized carbons (Fsp3) is 0.269. The quantitative estimate of drug-likeness (QED) is 0.472. The van der Waals surface area contributed by atoms with Gasteiger partial charge < -0.3 is 10.1 Å². The minimum Gasteiger partial charge on any atom is -0.497 e. The van der Waals surface area contributed by atoms with Crippen molar-refractivity contribution in [1.82, 2.24) is 4.31 Å². The van der Waals surface area contributed by atoms with Crippen LogP contribution < -0.4 is 10.1 Å². The summed E-state index contributed by atoms with van der Waals surface area (Å²) in [5, 5.41) is 2.97. The largest absolute Gasteiger partial charge is 0.497 e. The van der Waals surface area contributed by atoms with Crippen LogP contribution in [-0.2, 0) is 34.2 Å². The number of aryl methyl sites for hydroxylation is 2. The van der Waals surface area contributed by atoms with Gasteiger partial charge in [-0.15, -0.1) is 0 Å². The van der Waals surface area contributed by atoms with Crippen molar-refractivity contribution in [2.24, 2.45) is 0 Å². The van der Waals surface area contributed by atoms with E-state index in [1.165, 1.54) is 23.5 Å². The minimum absolute atomic E-state index is 0.0820. The number of nitrogens with one attached hydrogen (secondary N) is 1. The lowest BCUT2D eigenvalue weighted by Gasteiger charge is -2.23. The second kappa shape index (κ2) is 11.1. The molecule has 0 aliphatic heterocycles. The summed E-state index contributed by atoms with van der Waals surface area (Å²) >= 11 is 0. The number of carbonyl (C=O) groups is 1. The third-order valence-corrected chi connectivity index (χ3v) is 7.29. The van der Waals surface area contributed by atoms with Crippen LogP contribution in [0.1, 0.15) is 30.5 Å². The molecule has 0 aliphatic carbocycles. The van der Waals surface area contributed by atoms with E-state index in [1.807, 2.05) is 62.4 Å². The molecule has 0 fully saturated rings. The van der Waals surface area contributed by atoms with Crippen molar-refractivity contribution in [3.63, 3.8) is 0 Å². The van der Waals surface area contributed by atoms with Gasteiger partial charge in [0.25, 0.3) is 0 Å². The van der Waals surface area contributed by atoms with Crippen molar-refractivity contribution in [2.45, 2.75) is 38.1 Å². The molecule has 7 heteroatoms. The Kier molecular flexibility index (Phi) is 8.25. The van der Waals surface area contributed by atoms with Gasteiger partial charge in [0.2, 0.25) is 15.9 Å². The maximum Gasteiger partial charge on any atom is 0.243 e. The highest BCUT2D eigenvalue weighted by atomic mass is 32.2. The van der Waals surface area contributed by atoms with Crippen LogP contribution in [0, 0.1) is 0 Å². The first kappa shape index (κ1) is 24.5. The maximum atomic E-state index is 13.5. The van der Waals surface area contributed by atoms with Gasteiger partial charge in [-0.05, 0) is 53.8 Å². The van der Waals surface area contributed by atoms with Crippen molar-refractivity contribution >= 4 is 21.6 Å². The molecule has 0 heterocycles. The normalized spacial score (nSPS) is 11.4. The third kappa shape index (κ3) is 6.00. The van der Waals surface area contributed by atoms with Gasteiger partial charge in [-0.1, -0.05) is 62.4 Å². The molecule has 1 N–H and O–H groups in total. The molecular formula is C26H30N2O4S. The summed E-state index contributed by atoms with van der Waals surface area (Å²) in [6, 6.07) is 21.3. The van der Waals surface area contributed by atoms with Gasteiger partial charge >= 0.3 is 0 Å². The Morgan fingerprint density at radius 2 is 1.48 bits per heavy atom. The number of hydrogen-bond donors (Lipinski definition) is 1. The number of sulfonamides is 1. The number of carbonyl (C=O) groups excluding carboxylic acids is 1.